The van der Waals surface area contributed by atoms with Gasteiger partial charge in [-0.2, -0.15) is 0 Å². The molecule has 3 rings (SSSR count). The fourth-order valence-electron chi connectivity index (χ4n) is 2.11. The molecule has 0 amide bonds. The first-order chi connectivity index (χ1) is 8.38. The van der Waals surface area contributed by atoms with Crippen molar-refractivity contribution in [1.82, 2.24) is 4.98 Å². The highest BCUT2D eigenvalue weighted by Gasteiger charge is 2.31. The molecule has 8 heteroatoms. The predicted octanol–water partition coefficient (Wildman–Crippen LogP) is 2.61. The Labute approximate surface area is 117 Å². The fraction of sp³-hybridized carbons (Fsp3) is 0.300. The van der Waals surface area contributed by atoms with Crippen molar-refractivity contribution in [3.05, 3.63) is 14.8 Å². The van der Waals surface area contributed by atoms with Gasteiger partial charge in [0.05, 0.1) is 10.0 Å². The average Bonchev–Trinajstić information content (AvgIpc) is 2.77. The third-order valence-electron chi connectivity index (χ3n) is 2.81. The fourth-order valence-corrected chi connectivity index (χ4v) is 5.77. The minimum absolute atomic E-state index is 0.300. The Kier molecular flexibility index (Phi) is 2.71. The number of halogens is 1. The second kappa shape index (κ2) is 3.93. The molecule has 0 atom stereocenters. The Hall–Kier alpha value is -0.630. The number of hydrogen-bond donors (Lipinski definition) is 1. The second-order valence-electron chi connectivity index (χ2n) is 4.11. The van der Waals surface area contributed by atoms with Gasteiger partial charge < -0.3 is 5.73 Å². The van der Waals surface area contributed by atoms with Crippen molar-refractivity contribution >= 4 is 49.2 Å². The summed E-state index contributed by atoms with van der Waals surface area (Å²) < 4.78 is 24.5. The molecule has 1 aliphatic rings. The summed E-state index contributed by atoms with van der Waals surface area (Å²) in [6, 6.07) is 0. The van der Waals surface area contributed by atoms with E-state index >= 15 is 0 Å². The van der Waals surface area contributed by atoms with Crippen molar-refractivity contribution in [3.8, 4) is 11.3 Å². The number of thiophene rings is 1. The van der Waals surface area contributed by atoms with Gasteiger partial charge in [0.25, 0.3) is 0 Å². The molecule has 0 spiro atoms. The normalized spacial score (nSPS) is 14.3. The number of fused-ring (bicyclic) bond motifs is 3. The highest BCUT2D eigenvalue weighted by atomic mass is 35.5. The van der Waals surface area contributed by atoms with Crippen molar-refractivity contribution < 1.29 is 8.42 Å². The van der Waals surface area contributed by atoms with E-state index < -0.39 is 9.84 Å². The van der Waals surface area contributed by atoms with E-state index in [2.05, 4.69) is 4.98 Å². The van der Waals surface area contributed by atoms with Crippen LogP contribution < -0.4 is 5.73 Å². The average molecular weight is 321 g/mol. The lowest BCUT2D eigenvalue weighted by molar-refractivity contribution is 0.604. The number of aromatic nitrogens is 1. The number of hydrogen-bond acceptors (Lipinski definition) is 6. The Morgan fingerprint density at radius 2 is 2.06 bits per heavy atom. The van der Waals surface area contributed by atoms with Crippen LogP contribution in [0.5, 0.6) is 0 Å². The van der Waals surface area contributed by atoms with Gasteiger partial charge in [0.15, 0.2) is 15.0 Å². The number of rotatable bonds is 1. The molecule has 0 aliphatic heterocycles. The number of aryl methyl sites for hydroxylation is 1. The van der Waals surface area contributed by atoms with Crippen LogP contribution in [0.1, 0.15) is 10.4 Å². The number of thiazole rings is 1. The molecule has 0 radical (unpaired) electrons. The molecule has 4 nitrogen and oxygen atoms in total. The Balaban J connectivity index is 2.38. The van der Waals surface area contributed by atoms with Gasteiger partial charge in [0.2, 0.25) is 0 Å². The van der Waals surface area contributed by atoms with E-state index in [4.69, 9.17) is 17.3 Å². The van der Waals surface area contributed by atoms with E-state index in [1.54, 1.807) is 0 Å². The topological polar surface area (TPSA) is 73.0 Å². The van der Waals surface area contributed by atoms with E-state index in [9.17, 15) is 8.42 Å². The minimum atomic E-state index is -3.30. The van der Waals surface area contributed by atoms with E-state index in [-0.39, 0.29) is 0 Å². The van der Waals surface area contributed by atoms with Gasteiger partial charge in [-0.1, -0.05) is 11.6 Å². The quantitative estimate of drug-likeness (QED) is 0.876. The van der Waals surface area contributed by atoms with Crippen molar-refractivity contribution in [3.63, 3.8) is 0 Å². The molecule has 0 fully saturated rings. The van der Waals surface area contributed by atoms with Crippen molar-refractivity contribution in [2.45, 2.75) is 17.1 Å². The molecule has 1 aliphatic carbocycles. The molecule has 2 aromatic heterocycles. The van der Waals surface area contributed by atoms with Crippen LogP contribution >= 0.6 is 34.3 Å². The standard InChI is InChI=1S/C10H9ClN2O2S3/c1-18(14,15)9-6-4(8(11)17-9)2-3-5-7(6)13-10(12)16-5/h2-3H2,1H3,(H2,12,13). The summed E-state index contributed by atoms with van der Waals surface area (Å²) in [6.07, 6.45) is 2.76. The molecule has 0 unspecified atom stereocenters. The molecular formula is C10H9ClN2O2S3. The number of nitrogen functional groups attached to an aromatic ring is 1. The zero-order chi connectivity index (χ0) is 13.1. The molecule has 2 N–H and O–H groups in total. The third kappa shape index (κ3) is 1.77. The van der Waals surface area contributed by atoms with Crippen LogP contribution in [0.4, 0.5) is 5.13 Å². The maximum atomic E-state index is 11.8. The third-order valence-corrected chi connectivity index (χ3v) is 7.07. The van der Waals surface area contributed by atoms with Gasteiger partial charge in [-0.25, -0.2) is 13.4 Å². The number of anilines is 1. The van der Waals surface area contributed by atoms with Gasteiger partial charge >= 0.3 is 0 Å². The van der Waals surface area contributed by atoms with Crippen LogP contribution in [0.3, 0.4) is 0 Å². The van der Waals surface area contributed by atoms with E-state index in [0.717, 1.165) is 34.6 Å². The largest absolute Gasteiger partial charge is 0.375 e. The monoisotopic (exact) mass is 320 g/mol. The van der Waals surface area contributed by atoms with Crippen LogP contribution in [-0.4, -0.2) is 19.7 Å². The lowest BCUT2D eigenvalue weighted by Gasteiger charge is -2.12. The summed E-state index contributed by atoms with van der Waals surface area (Å²) in [7, 11) is -3.30. The summed E-state index contributed by atoms with van der Waals surface area (Å²) in [6.45, 7) is 0. The maximum Gasteiger partial charge on any atom is 0.185 e. The first-order valence-corrected chi connectivity index (χ1v) is 9.05. The summed E-state index contributed by atoms with van der Waals surface area (Å²) in [4.78, 5) is 5.30. The van der Waals surface area contributed by atoms with Crippen molar-refractivity contribution in [2.75, 3.05) is 12.0 Å². The number of sulfone groups is 1. The SMILES string of the molecule is CS(=O)(=O)c1sc(Cl)c2c1-c1nc(N)sc1CC2. The Morgan fingerprint density at radius 3 is 2.72 bits per heavy atom. The minimum Gasteiger partial charge on any atom is -0.375 e. The number of nitrogens with two attached hydrogens (primary N) is 1. The molecule has 96 valence electrons. The maximum absolute atomic E-state index is 11.8. The number of nitrogens with zero attached hydrogens (tertiary/aromatic N) is 1. The zero-order valence-corrected chi connectivity index (χ0v) is 12.6. The summed E-state index contributed by atoms with van der Waals surface area (Å²) in [5.74, 6) is 0. The first-order valence-electron chi connectivity index (χ1n) is 5.14. The lowest BCUT2D eigenvalue weighted by Crippen LogP contribution is -2.04. The van der Waals surface area contributed by atoms with Gasteiger partial charge in [-0.15, -0.1) is 22.7 Å². The van der Waals surface area contributed by atoms with Crippen LogP contribution in [0.2, 0.25) is 4.34 Å². The van der Waals surface area contributed by atoms with Gasteiger partial charge in [0, 0.05) is 16.7 Å². The van der Waals surface area contributed by atoms with E-state index in [1.165, 1.54) is 17.6 Å². The summed E-state index contributed by atoms with van der Waals surface area (Å²) in [5, 5.41) is 0.467. The second-order valence-corrected chi connectivity index (χ2v) is 9.06. The first kappa shape index (κ1) is 12.4. The van der Waals surface area contributed by atoms with Gasteiger partial charge in [0.1, 0.15) is 4.21 Å². The van der Waals surface area contributed by atoms with Crippen LogP contribution in [0.15, 0.2) is 4.21 Å². The molecule has 0 aromatic carbocycles. The Morgan fingerprint density at radius 1 is 1.33 bits per heavy atom. The van der Waals surface area contributed by atoms with E-state index in [0.29, 0.717) is 24.9 Å². The van der Waals surface area contributed by atoms with Crippen LogP contribution in [-0.2, 0) is 22.7 Å². The van der Waals surface area contributed by atoms with Gasteiger partial charge in [-0.3, -0.25) is 0 Å². The molecular weight excluding hydrogens is 312 g/mol. The Bertz CT molecular complexity index is 746. The molecule has 0 saturated carbocycles. The van der Waals surface area contributed by atoms with Gasteiger partial charge in [-0.05, 0) is 18.4 Å². The summed E-state index contributed by atoms with van der Waals surface area (Å²) in [5.41, 5.74) is 7.96. The smallest absolute Gasteiger partial charge is 0.185 e. The molecule has 0 bridgehead atoms. The van der Waals surface area contributed by atoms with E-state index in [1.807, 2.05) is 0 Å². The van der Waals surface area contributed by atoms with Crippen LogP contribution in [0, 0.1) is 0 Å². The highest BCUT2D eigenvalue weighted by Crippen LogP contribution is 2.47. The molecule has 0 saturated heterocycles. The highest BCUT2D eigenvalue weighted by molar-refractivity contribution is 7.93. The molecule has 2 aromatic rings. The van der Waals surface area contributed by atoms with Crippen molar-refractivity contribution in [2.24, 2.45) is 0 Å². The summed E-state index contributed by atoms with van der Waals surface area (Å²) >= 11 is 8.67. The zero-order valence-electron chi connectivity index (χ0n) is 9.36. The lowest BCUT2D eigenvalue weighted by atomic mass is 9.98. The molecule has 18 heavy (non-hydrogen) atoms. The predicted molar refractivity (Wildman–Crippen MR) is 75.4 cm³/mol. The van der Waals surface area contributed by atoms with Crippen molar-refractivity contribution in [1.29, 1.82) is 0 Å². The molecule has 2 heterocycles. The van der Waals surface area contributed by atoms with Crippen LogP contribution in [0.25, 0.3) is 11.3 Å².